The molecule has 1 aromatic rings. The van der Waals surface area contributed by atoms with E-state index in [4.69, 9.17) is 5.73 Å². The normalized spacial score (nSPS) is 17.4. The second kappa shape index (κ2) is 4.11. The van der Waals surface area contributed by atoms with Crippen LogP contribution in [0.1, 0.15) is 12.8 Å². The first-order chi connectivity index (χ1) is 7.20. The van der Waals surface area contributed by atoms with E-state index in [1.165, 1.54) is 19.0 Å². The number of nitrogens with one attached hydrogen (secondary N) is 1. The van der Waals surface area contributed by atoms with Gasteiger partial charge in [0.05, 0.1) is 4.92 Å². The highest BCUT2D eigenvalue weighted by atomic mass is 32.1. The average molecular weight is 228 g/mol. The van der Waals surface area contributed by atoms with Crippen LogP contribution < -0.4 is 11.1 Å². The van der Waals surface area contributed by atoms with Gasteiger partial charge in [-0.3, -0.25) is 10.1 Å². The van der Waals surface area contributed by atoms with E-state index >= 15 is 0 Å². The van der Waals surface area contributed by atoms with Gasteiger partial charge in [-0.2, -0.15) is 0 Å². The molecule has 1 aliphatic carbocycles. The maximum Gasteiger partial charge on any atom is 0.345 e. The third-order valence-corrected chi connectivity index (χ3v) is 3.31. The Morgan fingerprint density at radius 3 is 3.00 bits per heavy atom. The number of nitrogens with two attached hydrogens (primary N) is 1. The molecule has 1 saturated carbocycles. The van der Waals surface area contributed by atoms with Crippen LogP contribution in [0.15, 0.2) is 6.20 Å². The van der Waals surface area contributed by atoms with Gasteiger partial charge in [0.25, 0.3) is 0 Å². The number of nitro groups is 1. The van der Waals surface area contributed by atoms with Gasteiger partial charge in [-0.25, -0.2) is 4.98 Å². The summed E-state index contributed by atoms with van der Waals surface area (Å²) >= 11 is 1.05. The van der Waals surface area contributed by atoms with Gasteiger partial charge in [-0.15, -0.1) is 0 Å². The van der Waals surface area contributed by atoms with Crippen LogP contribution >= 0.6 is 11.3 Å². The molecule has 1 unspecified atom stereocenters. The summed E-state index contributed by atoms with van der Waals surface area (Å²) in [6.45, 7) is 0.540. The van der Waals surface area contributed by atoms with Gasteiger partial charge in [-0.05, 0) is 30.1 Å². The highest BCUT2D eigenvalue weighted by Crippen LogP contribution is 2.35. The van der Waals surface area contributed by atoms with Crippen LogP contribution in [-0.4, -0.2) is 22.5 Å². The van der Waals surface area contributed by atoms with Crippen molar-refractivity contribution in [2.45, 2.75) is 18.9 Å². The van der Waals surface area contributed by atoms with Crippen molar-refractivity contribution < 1.29 is 4.92 Å². The van der Waals surface area contributed by atoms with E-state index in [1.54, 1.807) is 0 Å². The predicted molar refractivity (Wildman–Crippen MR) is 58.0 cm³/mol. The molecule has 1 aromatic heterocycles. The first kappa shape index (κ1) is 10.3. The van der Waals surface area contributed by atoms with Gasteiger partial charge in [-0.1, -0.05) is 0 Å². The smallest absolute Gasteiger partial charge is 0.345 e. The SMILES string of the molecule is NCC(Nc1ncc([N+](=O)[O-])s1)C1CC1. The Bertz CT molecular complexity index is 363. The van der Waals surface area contributed by atoms with Crippen molar-refractivity contribution >= 4 is 21.5 Å². The summed E-state index contributed by atoms with van der Waals surface area (Å²) in [7, 11) is 0. The van der Waals surface area contributed by atoms with Crippen LogP contribution in [-0.2, 0) is 0 Å². The van der Waals surface area contributed by atoms with Crippen LogP contribution in [0.2, 0.25) is 0 Å². The van der Waals surface area contributed by atoms with Crippen molar-refractivity contribution in [1.29, 1.82) is 0 Å². The zero-order valence-corrected chi connectivity index (χ0v) is 8.87. The third kappa shape index (κ3) is 2.42. The summed E-state index contributed by atoms with van der Waals surface area (Å²) in [5.41, 5.74) is 5.61. The minimum Gasteiger partial charge on any atom is -0.357 e. The topological polar surface area (TPSA) is 94.1 Å². The third-order valence-electron chi connectivity index (χ3n) is 2.43. The molecule has 0 saturated heterocycles. The number of rotatable bonds is 5. The number of thiazole rings is 1. The van der Waals surface area contributed by atoms with Gasteiger partial charge in [0, 0.05) is 12.6 Å². The molecule has 0 spiro atoms. The number of aromatic nitrogens is 1. The number of hydrogen-bond acceptors (Lipinski definition) is 6. The molecule has 15 heavy (non-hydrogen) atoms. The molecular formula is C8H12N4O2S. The minimum atomic E-state index is -0.433. The quantitative estimate of drug-likeness (QED) is 0.583. The monoisotopic (exact) mass is 228 g/mol. The molecule has 2 rings (SSSR count). The molecule has 0 aliphatic heterocycles. The summed E-state index contributed by atoms with van der Waals surface area (Å²) in [4.78, 5) is 14.0. The largest absolute Gasteiger partial charge is 0.357 e. The Morgan fingerprint density at radius 2 is 2.53 bits per heavy atom. The number of hydrogen-bond donors (Lipinski definition) is 2. The van der Waals surface area contributed by atoms with Crippen LogP contribution in [0.25, 0.3) is 0 Å². The maximum atomic E-state index is 10.4. The summed E-state index contributed by atoms with van der Waals surface area (Å²) in [6, 6.07) is 0.204. The lowest BCUT2D eigenvalue weighted by Gasteiger charge is -2.14. The van der Waals surface area contributed by atoms with E-state index in [2.05, 4.69) is 10.3 Å². The number of nitrogens with zero attached hydrogens (tertiary/aromatic N) is 2. The number of anilines is 1. The average Bonchev–Trinajstić information content (AvgIpc) is 2.94. The second-order valence-electron chi connectivity index (χ2n) is 3.58. The van der Waals surface area contributed by atoms with Crippen molar-refractivity contribution in [1.82, 2.24) is 4.98 Å². The Kier molecular flexibility index (Phi) is 2.83. The standard InChI is InChI=1S/C8H12N4O2S/c9-3-6(5-1-2-5)11-8-10-4-7(15-8)12(13)14/h4-6H,1-3,9H2,(H,10,11). The molecular weight excluding hydrogens is 216 g/mol. The van der Waals surface area contributed by atoms with E-state index in [0.717, 1.165) is 11.3 Å². The van der Waals surface area contributed by atoms with Crippen molar-refractivity contribution in [2.75, 3.05) is 11.9 Å². The zero-order valence-electron chi connectivity index (χ0n) is 8.05. The Hall–Kier alpha value is -1.21. The first-order valence-electron chi connectivity index (χ1n) is 4.77. The van der Waals surface area contributed by atoms with Crippen molar-refractivity contribution in [2.24, 2.45) is 11.7 Å². The van der Waals surface area contributed by atoms with Crippen LogP contribution in [0.4, 0.5) is 10.1 Å². The van der Waals surface area contributed by atoms with Gasteiger partial charge in [0.2, 0.25) is 0 Å². The van der Waals surface area contributed by atoms with Crippen LogP contribution in [0.3, 0.4) is 0 Å². The summed E-state index contributed by atoms with van der Waals surface area (Å²) < 4.78 is 0. The molecule has 1 atom stereocenters. The van der Waals surface area contributed by atoms with E-state index in [1.807, 2.05) is 0 Å². The molecule has 3 N–H and O–H groups in total. The molecule has 7 heteroatoms. The summed E-state index contributed by atoms with van der Waals surface area (Å²) in [5.74, 6) is 0.609. The van der Waals surface area contributed by atoms with Crippen LogP contribution in [0, 0.1) is 16.0 Å². The lowest BCUT2D eigenvalue weighted by atomic mass is 10.2. The van der Waals surface area contributed by atoms with Crippen molar-refractivity contribution in [3.8, 4) is 0 Å². The van der Waals surface area contributed by atoms with E-state index in [9.17, 15) is 10.1 Å². The molecule has 0 amide bonds. The predicted octanol–water partition coefficient (Wildman–Crippen LogP) is 1.20. The molecule has 0 bridgehead atoms. The highest BCUT2D eigenvalue weighted by Gasteiger charge is 2.30. The Labute approximate surface area is 90.7 Å². The van der Waals surface area contributed by atoms with Crippen molar-refractivity contribution in [3.63, 3.8) is 0 Å². The lowest BCUT2D eigenvalue weighted by Crippen LogP contribution is -2.30. The molecule has 6 nitrogen and oxygen atoms in total. The van der Waals surface area contributed by atoms with Gasteiger partial charge in [0.15, 0.2) is 5.13 Å². The fourth-order valence-electron chi connectivity index (χ4n) is 1.44. The zero-order chi connectivity index (χ0) is 10.8. The fraction of sp³-hybridized carbons (Fsp3) is 0.625. The van der Waals surface area contributed by atoms with Crippen LogP contribution in [0.5, 0.6) is 0 Å². The highest BCUT2D eigenvalue weighted by molar-refractivity contribution is 7.18. The fourth-order valence-corrected chi connectivity index (χ4v) is 2.14. The maximum absolute atomic E-state index is 10.4. The van der Waals surface area contributed by atoms with Gasteiger partial charge < -0.3 is 11.1 Å². The van der Waals surface area contributed by atoms with E-state index in [-0.39, 0.29) is 11.0 Å². The molecule has 1 heterocycles. The molecule has 1 aliphatic rings. The Morgan fingerprint density at radius 1 is 1.80 bits per heavy atom. The molecule has 0 aromatic carbocycles. The van der Waals surface area contributed by atoms with Crippen molar-refractivity contribution in [3.05, 3.63) is 16.3 Å². The molecule has 1 fully saturated rings. The van der Waals surface area contributed by atoms with Gasteiger partial charge in [0.1, 0.15) is 6.20 Å². The molecule has 82 valence electrons. The van der Waals surface area contributed by atoms with E-state index in [0.29, 0.717) is 17.6 Å². The molecule has 0 radical (unpaired) electrons. The first-order valence-corrected chi connectivity index (χ1v) is 5.59. The summed E-state index contributed by atoms with van der Waals surface area (Å²) in [5, 5.41) is 14.2. The van der Waals surface area contributed by atoms with Gasteiger partial charge >= 0.3 is 5.00 Å². The lowest BCUT2D eigenvalue weighted by molar-refractivity contribution is -0.380. The summed E-state index contributed by atoms with van der Waals surface area (Å²) in [6.07, 6.45) is 3.64. The van der Waals surface area contributed by atoms with E-state index < -0.39 is 4.92 Å². The Balaban J connectivity index is 1.99. The second-order valence-corrected chi connectivity index (χ2v) is 4.59. The minimum absolute atomic E-state index is 0.0593.